The van der Waals surface area contributed by atoms with E-state index in [0.29, 0.717) is 26.2 Å². The van der Waals surface area contributed by atoms with Crippen molar-refractivity contribution in [3.8, 4) is 0 Å². The number of carbonyl (C=O) groups is 3. The number of anilines is 2. The summed E-state index contributed by atoms with van der Waals surface area (Å²) in [5.41, 5.74) is -0.683. The summed E-state index contributed by atoms with van der Waals surface area (Å²) in [6.45, 7) is 7.14. The Balaban J connectivity index is 1.74. The SMILES string of the molecule is CC(C)C(=O)N1CCN([C@@H](C)C(=O)N2CC(=O)Nc3cc(C(F)(F)F)ccc32)CC1. The van der Waals surface area contributed by atoms with Crippen LogP contribution in [0, 0.1) is 5.92 Å². The van der Waals surface area contributed by atoms with E-state index in [0.717, 1.165) is 12.1 Å². The minimum atomic E-state index is -4.55. The van der Waals surface area contributed by atoms with E-state index >= 15 is 0 Å². The van der Waals surface area contributed by atoms with Gasteiger partial charge in [0.15, 0.2) is 0 Å². The molecule has 2 aliphatic heterocycles. The van der Waals surface area contributed by atoms with Crippen LogP contribution in [0.4, 0.5) is 24.5 Å². The lowest BCUT2D eigenvalue weighted by Crippen LogP contribution is -2.57. The fourth-order valence-corrected chi connectivity index (χ4v) is 3.74. The van der Waals surface area contributed by atoms with Gasteiger partial charge in [0.1, 0.15) is 6.54 Å². The molecule has 1 aromatic carbocycles. The first kappa shape index (κ1) is 22.1. The highest BCUT2D eigenvalue weighted by Gasteiger charge is 2.36. The Morgan fingerprint density at radius 1 is 1.03 bits per heavy atom. The average molecular weight is 426 g/mol. The molecule has 0 aromatic heterocycles. The first-order valence-electron chi connectivity index (χ1n) is 9.84. The van der Waals surface area contributed by atoms with Crippen LogP contribution in [0.25, 0.3) is 0 Å². The standard InChI is InChI=1S/C20H25F3N4O3/c1-12(2)18(29)26-8-6-25(7-9-26)13(3)19(30)27-11-17(28)24-15-10-14(20(21,22)23)4-5-16(15)27/h4-5,10,12-13H,6-9,11H2,1-3H3,(H,24,28)/t13-/m0/s1. The number of carbonyl (C=O) groups excluding carboxylic acids is 3. The number of hydrogen-bond donors (Lipinski definition) is 1. The van der Waals surface area contributed by atoms with Crippen LogP contribution in [0.3, 0.4) is 0 Å². The van der Waals surface area contributed by atoms with Crippen LogP contribution in [0.2, 0.25) is 0 Å². The maximum Gasteiger partial charge on any atom is 0.416 e. The molecule has 3 rings (SSSR count). The molecule has 0 radical (unpaired) electrons. The molecule has 1 fully saturated rings. The Bertz CT molecular complexity index is 848. The monoisotopic (exact) mass is 426 g/mol. The Labute approximate surface area is 172 Å². The van der Waals surface area contributed by atoms with E-state index in [1.807, 2.05) is 18.7 Å². The zero-order valence-electron chi connectivity index (χ0n) is 17.1. The van der Waals surface area contributed by atoms with Crippen molar-refractivity contribution in [3.05, 3.63) is 23.8 Å². The third kappa shape index (κ3) is 4.43. The van der Waals surface area contributed by atoms with Gasteiger partial charge < -0.3 is 10.2 Å². The van der Waals surface area contributed by atoms with Gasteiger partial charge in [0, 0.05) is 32.1 Å². The second-order valence-corrected chi connectivity index (χ2v) is 7.89. The Hall–Kier alpha value is -2.62. The molecule has 1 aromatic rings. The number of nitrogens with zero attached hydrogens (tertiary/aromatic N) is 3. The van der Waals surface area contributed by atoms with Crippen molar-refractivity contribution >= 4 is 29.1 Å². The van der Waals surface area contributed by atoms with Crippen LogP contribution in [0.5, 0.6) is 0 Å². The molecule has 7 nitrogen and oxygen atoms in total. The minimum absolute atomic E-state index is 0.0334. The molecule has 0 unspecified atom stereocenters. The minimum Gasteiger partial charge on any atom is -0.340 e. The van der Waals surface area contributed by atoms with Gasteiger partial charge in [-0.2, -0.15) is 13.2 Å². The highest BCUT2D eigenvalue weighted by molar-refractivity contribution is 6.11. The van der Waals surface area contributed by atoms with Crippen molar-refractivity contribution in [1.82, 2.24) is 9.80 Å². The van der Waals surface area contributed by atoms with E-state index in [1.54, 1.807) is 11.8 Å². The molecule has 164 valence electrons. The first-order chi connectivity index (χ1) is 14.0. The fourth-order valence-electron chi connectivity index (χ4n) is 3.74. The zero-order valence-corrected chi connectivity index (χ0v) is 17.1. The lowest BCUT2D eigenvalue weighted by Gasteiger charge is -2.40. The molecular formula is C20H25F3N4O3. The van der Waals surface area contributed by atoms with Gasteiger partial charge in [-0.3, -0.25) is 24.2 Å². The summed E-state index contributed by atoms with van der Waals surface area (Å²) in [4.78, 5) is 42.2. The number of fused-ring (bicyclic) bond motifs is 1. The molecule has 1 saturated heterocycles. The number of hydrogen-bond acceptors (Lipinski definition) is 4. The van der Waals surface area contributed by atoms with E-state index in [9.17, 15) is 27.6 Å². The molecule has 30 heavy (non-hydrogen) atoms. The van der Waals surface area contributed by atoms with Gasteiger partial charge in [-0.1, -0.05) is 13.8 Å². The molecule has 0 spiro atoms. The van der Waals surface area contributed by atoms with Crippen molar-refractivity contribution < 1.29 is 27.6 Å². The molecular weight excluding hydrogens is 401 g/mol. The quantitative estimate of drug-likeness (QED) is 0.804. The molecule has 10 heteroatoms. The summed E-state index contributed by atoms with van der Waals surface area (Å²) in [6, 6.07) is 2.37. The first-order valence-corrected chi connectivity index (χ1v) is 9.84. The van der Waals surface area contributed by atoms with Crippen LogP contribution in [0.15, 0.2) is 18.2 Å². The lowest BCUT2D eigenvalue weighted by molar-refractivity contribution is -0.138. The second-order valence-electron chi connectivity index (χ2n) is 7.89. The number of alkyl halides is 3. The number of nitrogens with one attached hydrogen (secondary N) is 1. The van der Waals surface area contributed by atoms with Crippen LogP contribution in [-0.2, 0) is 20.6 Å². The average Bonchev–Trinajstić information content (AvgIpc) is 2.70. The molecule has 2 aliphatic rings. The van der Waals surface area contributed by atoms with Gasteiger partial charge in [-0.25, -0.2) is 0 Å². The number of amides is 3. The normalized spacial score (nSPS) is 18.8. The van der Waals surface area contributed by atoms with Gasteiger partial charge in [0.25, 0.3) is 0 Å². The van der Waals surface area contributed by atoms with Crippen molar-refractivity contribution in [3.63, 3.8) is 0 Å². The number of benzene rings is 1. The molecule has 2 heterocycles. The third-order valence-corrected chi connectivity index (χ3v) is 5.48. The van der Waals surface area contributed by atoms with Gasteiger partial charge in [0.05, 0.1) is 23.0 Å². The van der Waals surface area contributed by atoms with Gasteiger partial charge in [-0.15, -0.1) is 0 Å². The summed E-state index contributed by atoms with van der Waals surface area (Å²) >= 11 is 0. The summed E-state index contributed by atoms with van der Waals surface area (Å²) in [5, 5.41) is 2.41. The van der Waals surface area contributed by atoms with Crippen molar-refractivity contribution in [2.24, 2.45) is 5.92 Å². The summed E-state index contributed by atoms with van der Waals surface area (Å²) < 4.78 is 39.0. The third-order valence-electron chi connectivity index (χ3n) is 5.48. The predicted molar refractivity (Wildman–Crippen MR) is 105 cm³/mol. The van der Waals surface area contributed by atoms with Crippen molar-refractivity contribution in [2.45, 2.75) is 33.0 Å². The van der Waals surface area contributed by atoms with E-state index in [1.165, 1.54) is 11.0 Å². The van der Waals surface area contributed by atoms with Crippen molar-refractivity contribution in [2.75, 3.05) is 42.9 Å². The van der Waals surface area contributed by atoms with E-state index in [2.05, 4.69) is 5.32 Å². The van der Waals surface area contributed by atoms with Crippen LogP contribution in [0.1, 0.15) is 26.3 Å². The summed E-state index contributed by atoms with van der Waals surface area (Å²) in [6.07, 6.45) is -4.55. The highest BCUT2D eigenvalue weighted by atomic mass is 19.4. The van der Waals surface area contributed by atoms with E-state index in [-0.39, 0.29) is 35.7 Å². The fraction of sp³-hybridized carbons (Fsp3) is 0.550. The lowest BCUT2D eigenvalue weighted by atomic mass is 10.1. The molecule has 3 amide bonds. The van der Waals surface area contributed by atoms with Gasteiger partial charge in [0.2, 0.25) is 17.7 Å². The molecule has 1 atom stereocenters. The Morgan fingerprint density at radius 2 is 1.67 bits per heavy atom. The largest absolute Gasteiger partial charge is 0.416 e. The maximum atomic E-state index is 13.1. The Kier molecular flexibility index (Phi) is 6.07. The number of halogens is 3. The van der Waals surface area contributed by atoms with Gasteiger partial charge in [-0.05, 0) is 25.1 Å². The maximum absolute atomic E-state index is 13.1. The molecule has 0 saturated carbocycles. The van der Waals surface area contributed by atoms with Crippen LogP contribution >= 0.6 is 0 Å². The smallest absolute Gasteiger partial charge is 0.340 e. The predicted octanol–water partition coefficient (Wildman–Crippen LogP) is 2.18. The van der Waals surface area contributed by atoms with Crippen molar-refractivity contribution in [1.29, 1.82) is 0 Å². The summed E-state index contributed by atoms with van der Waals surface area (Å²) in [5.74, 6) is -0.944. The Morgan fingerprint density at radius 3 is 2.23 bits per heavy atom. The summed E-state index contributed by atoms with van der Waals surface area (Å²) in [7, 11) is 0. The van der Waals surface area contributed by atoms with Crippen LogP contribution < -0.4 is 10.2 Å². The zero-order chi connectivity index (χ0) is 22.2. The topological polar surface area (TPSA) is 73.0 Å². The molecule has 1 N–H and O–H groups in total. The van der Waals surface area contributed by atoms with Gasteiger partial charge >= 0.3 is 6.18 Å². The number of piperazine rings is 1. The number of rotatable bonds is 3. The van der Waals surface area contributed by atoms with E-state index in [4.69, 9.17) is 0 Å². The van der Waals surface area contributed by atoms with Crippen LogP contribution in [-0.4, -0.2) is 66.3 Å². The van der Waals surface area contributed by atoms with E-state index < -0.39 is 23.7 Å². The molecule has 0 bridgehead atoms. The highest BCUT2D eigenvalue weighted by Crippen LogP contribution is 2.37. The second kappa shape index (κ2) is 8.25. The molecule has 0 aliphatic carbocycles.